The Balaban J connectivity index is 1.66. The smallest absolute Gasteiger partial charge is 0.251 e. The fraction of sp³-hybridized carbons (Fsp3) is 0.231. The standard InChI is InChI=1S/C26H28N2O6/c1-31-21-11-10-20(13-18(21)12-17-8-6-5-7-9-17)28-24(29)16-27-26(30)19-14-22(32-2)25(34-4)23(15-19)33-3/h5-11,13-15H,12,16H2,1-4H3,(H,27,30)(H,28,29). The SMILES string of the molecule is COc1ccc(NC(=O)CNC(=O)c2cc(OC)c(OC)c(OC)c2)cc1Cc1ccccc1. The predicted molar refractivity (Wildman–Crippen MR) is 129 cm³/mol. The average molecular weight is 465 g/mol. The molecule has 8 nitrogen and oxygen atoms in total. The molecule has 34 heavy (non-hydrogen) atoms. The van der Waals surface area contributed by atoms with Crippen LogP contribution in [-0.2, 0) is 11.2 Å². The van der Waals surface area contributed by atoms with E-state index in [0.29, 0.717) is 29.4 Å². The summed E-state index contributed by atoms with van der Waals surface area (Å²) in [7, 11) is 6.02. The number of carbonyl (C=O) groups excluding carboxylic acids is 2. The summed E-state index contributed by atoms with van der Waals surface area (Å²) in [6.45, 7) is -0.213. The van der Waals surface area contributed by atoms with Crippen LogP contribution in [0.1, 0.15) is 21.5 Å². The normalized spacial score (nSPS) is 10.2. The minimum absolute atomic E-state index is 0.213. The predicted octanol–water partition coefficient (Wildman–Crippen LogP) is 3.68. The van der Waals surface area contributed by atoms with Crippen LogP contribution < -0.4 is 29.6 Å². The molecule has 0 heterocycles. The van der Waals surface area contributed by atoms with E-state index in [-0.39, 0.29) is 18.0 Å². The summed E-state index contributed by atoms with van der Waals surface area (Å²) in [5.41, 5.74) is 2.95. The maximum Gasteiger partial charge on any atom is 0.251 e. The quantitative estimate of drug-likeness (QED) is 0.475. The van der Waals surface area contributed by atoms with Gasteiger partial charge < -0.3 is 29.6 Å². The number of hydrogen-bond acceptors (Lipinski definition) is 6. The Morgan fingerprint density at radius 1 is 0.765 bits per heavy atom. The van der Waals surface area contributed by atoms with Gasteiger partial charge in [-0.3, -0.25) is 9.59 Å². The van der Waals surface area contributed by atoms with E-state index in [4.69, 9.17) is 18.9 Å². The summed E-state index contributed by atoms with van der Waals surface area (Å²) < 4.78 is 21.3. The molecule has 0 spiro atoms. The maximum atomic E-state index is 12.6. The minimum Gasteiger partial charge on any atom is -0.496 e. The van der Waals surface area contributed by atoms with E-state index in [0.717, 1.165) is 16.9 Å². The zero-order valence-electron chi connectivity index (χ0n) is 19.6. The van der Waals surface area contributed by atoms with Gasteiger partial charge in [-0.15, -0.1) is 0 Å². The molecule has 2 N–H and O–H groups in total. The Morgan fingerprint density at radius 2 is 1.41 bits per heavy atom. The Morgan fingerprint density at radius 3 is 2.00 bits per heavy atom. The Bertz CT molecular complexity index is 1120. The van der Waals surface area contributed by atoms with Gasteiger partial charge in [0.2, 0.25) is 11.7 Å². The number of benzene rings is 3. The van der Waals surface area contributed by atoms with Crippen molar-refractivity contribution in [1.82, 2.24) is 5.32 Å². The van der Waals surface area contributed by atoms with Gasteiger partial charge in [0, 0.05) is 23.2 Å². The maximum absolute atomic E-state index is 12.6. The van der Waals surface area contributed by atoms with Crippen molar-refractivity contribution >= 4 is 17.5 Å². The summed E-state index contributed by atoms with van der Waals surface area (Å²) >= 11 is 0. The van der Waals surface area contributed by atoms with Gasteiger partial charge in [-0.25, -0.2) is 0 Å². The van der Waals surface area contributed by atoms with Crippen LogP contribution in [0.25, 0.3) is 0 Å². The first-order chi connectivity index (χ1) is 16.5. The lowest BCUT2D eigenvalue weighted by Gasteiger charge is -2.14. The fourth-order valence-corrected chi connectivity index (χ4v) is 3.49. The second-order valence-corrected chi connectivity index (χ2v) is 7.33. The zero-order valence-corrected chi connectivity index (χ0v) is 19.6. The minimum atomic E-state index is -0.450. The highest BCUT2D eigenvalue weighted by Crippen LogP contribution is 2.38. The lowest BCUT2D eigenvalue weighted by Crippen LogP contribution is -2.32. The summed E-state index contributed by atoms with van der Waals surface area (Å²) in [6.07, 6.45) is 0.658. The van der Waals surface area contributed by atoms with Crippen LogP contribution in [0.15, 0.2) is 60.7 Å². The molecule has 2 amide bonds. The highest BCUT2D eigenvalue weighted by molar-refractivity contribution is 6.00. The second kappa shape index (κ2) is 11.6. The third kappa shape index (κ3) is 5.98. The van der Waals surface area contributed by atoms with Crippen LogP contribution >= 0.6 is 0 Å². The van der Waals surface area contributed by atoms with E-state index in [1.165, 1.54) is 33.5 Å². The van der Waals surface area contributed by atoms with E-state index in [1.807, 2.05) is 42.5 Å². The van der Waals surface area contributed by atoms with Crippen molar-refractivity contribution in [2.24, 2.45) is 0 Å². The van der Waals surface area contributed by atoms with Crippen LogP contribution in [-0.4, -0.2) is 46.8 Å². The highest BCUT2D eigenvalue weighted by Gasteiger charge is 2.17. The molecule has 3 rings (SSSR count). The number of nitrogens with one attached hydrogen (secondary N) is 2. The molecule has 0 aliphatic carbocycles. The topological polar surface area (TPSA) is 95.1 Å². The van der Waals surface area contributed by atoms with Crippen molar-refractivity contribution in [2.45, 2.75) is 6.42 Å². The zero-order chi connectivity index (χ0) is 24.5. The molecule has 0 aliphatic rings. The van der Waals surface area contributed by atoms with Crippen molar-refractivity contribution in [1.29, 1.82) is 0 Å². The number of amides is 2. The monoisotopic (exact) mass is 464 g/mol. The van der Waals surface area contributed by atoms with Gasteiger partial charge in [-0.1, -0.05) is 30.3 Å². The summed E-state index contributed by atoms with van der Waals surface area (Å²) in [5.74, 6) is 0.995. The molecular weight excluding hydrogens is 436 g/mol. The highest BCUT2D eigenvalue weighted by atomic mass is 16.5. The molecule has 0 bridgehead atoms. The Hall–Kier alpha value is -4.20. The van der Waals surface area contributed by atoms with Crippen molar-refractivity contribution in [3.05, 3.63) is 77.4 Å². The summed E-state index contributed by atoms with van der Waals surface area (Å²) in [6, 6.07) is 18.5. The van der Waals surface area contributed by atoms with E-state index in [9.17, 15) is 9.59 Å². The lowest BCUT2D eigenvalue weighted by molar-refractivity contribution is -0.115. The molecule has 3 aromatic carbocycles. The Kier molecular flexibility index (Phi) is 8.34. The molecule has 0 fully saturated rings. The molecule has 3 aromatic rings. The Labute approximate surface area is 198 Å². The first-order valence-electron chi connectivity index (χ1n) is 10.6. The summed E-state index contributed by atoms with van der Waals surface area (Å²) in [5, 5.41) is 5.42. The molecule has 0 atom stereocenters. The van der Waals surface area contributed by atoms with Crippen LogP contribution in [0.3, 0.4) is 0 Å². The lowest BCUT2D eigenvalue weighted by atomic mass is 10.0. The molecule has 0 aliphatic heterocycles. The molecule has 178 valence electrons. The number of rotatable bonds is 10. The number of carbonyl (C=O) groups is 2. The van der Waals surface area contributed by atoms with E-state index < -0.39 is 5.91 Å². The van der Waals surface area contributed by atoms with Crippen LogP contribution in [0.2, 0.25) is 0 Å². The van der Waals surface area contributed by atoms with Crippen LogP contribution in [0.5, 0.6) is 23.0 Å². The third-order valence-corrected chi connectivity index (χ3v) is 5.14. The number of methoxy groups -OCH3 is 4. The van der Waals surface area contributed by atoms with Crippen molar-refractivity contribution < 1.29 is 28.5 Å². The van der Waals surface area contributed by atoms with Crippen molar-refractivity contribution in [3.63, 3.8) is 0 Å². The summed E-state index contributed by atoms with van der Waals surface area (Å²) in [4.78, 5) is 25.1. The second-order valence-electron chi connectivity index (χ2n) is 7.33. The van der Waals surface area contributed by atoms with Gasteiger partial charge in [0.25, 0.3) is 5.91 Å². The van der Waals surface area contributed by atoms with Gasteiger partial charge in [0.05, 0.1) is 35.0 Å². The van der Waals surface area contributed by atoms with Gasteiger partial charge in [-0.2, -0.15) is 0 Å². The number of anilines is 1. The number of ether oxygens (including phenoxy) is 4. The van der Waals surface area contributed by atoms with E-state index >= 15 is 0 Å². The largest absolute Gasteiger partial charge is 0.496 e. The number of hydrogen-bond donors (Lipinski definition) is 2. The van der Waals surface area contributed by atoms with Crippen LogP contribution in [0, 0.1) is 0 Å². The molecule has 0 saturated heterocycles. The van der Waals surface area contributed by atoms with E-state index in [1.54, 1.807) is 13.2 Å². The first kappa shape index (κ1) is 24.4. The first-order valence-corrected chi connectivity index (χ1v) is 10.6. The van der Waals surface area contributed by atoms with Gasteiger partial charge in [0.15, 0.2) is 11.5 Å². The van der Waals surface area contributed by atoms with Crippen molar-refractivity contribution in [3.8, 4) is 23.0 Å². The van der Waals surface area contributed by atoms with Gasteiger partial charge in [0.1, 0.15) is 5.75 Å². The van der Waals surface area contributed by atoms with E-state index in [2.05, 4.69) is 10.6 Å². The molecular formula is C26H28N2O6. The molecule has 0 unspecified atom stereocenters. The average Bonchev–Trinajstić information content (AvgIpc) is 2.87. The van der Waals surface area contributed by atoms with Crippen LogP contribution in [0.4, 0.5) is 5.69 Å². The van der Waals surface area contributed by atoms with Crippen molar-refractivity contribution in [2.75, 3.05) is 40.3 Å². The fourth-order valence-electron chi connectivity index (χ4n) is 3.49. The van der Waals surface area contributed by atoms with Gasteiger partial charge in [-0.05, 0) is 35.9 Å². The molecule has 8 heteroatoms. The molecule has 0 radical (unpaired) electrons. The molecule has 0 aromatic heterocycles. The van der Waals surface area contributed by atoms with Gasteiger partial charge >= 0.3 is 0 Å². The third-order valence-electron chi connectivity index (χ3n) is 5.14. The molecule has 0 saturated carbocycles.